The zero-order chi connectivity index (χ0) is 20.9. The van der Waals surface area contributed by atoms with Crippen LogP contribution in [0, 0.1) is 0 Å². The minimum Gasteiger partial charge on any atom is -0.245 e. The molecule has 0 saturated heterocycles. The normalized spacial score (nSPS) is 15.4. The van der Waals surface area contributed by atoms with E-state index in [2.05, 4.69) is 0 Å². The molecule has 17 heteroatoms. The van der Waals surface area contributed by atoms with Crippen LogP contribution >= 0.6 is 0 Å². The lowest BCUT2D eigenvalue weighted by molar-refractivity contribution is -0.506. The molecule has 1 nitrogen and oxygen atoms in total. The Kier molecular flexibility index (Phi) is 5.74. The van der Waals surface area contributed by atoms with Gasteiger partial charge in [-0.3, -0.25) is 0 Å². The molecule has 0 aliphatic carbocycles. The summed E-state index contributed by atoms with van der Waals surface area (Å²) in [5, 5.41) is 0. The predicted octanol–water partition coefficient (Wildman–Crippen LogP) is 5.73. The number of rotatable bonds is 6. The fraction of sp³-hybridized carbons (Fsp3) is 0.750. The standard InChI is InChI=1S/C8F16O/c9-1(2(10)11)3(12,13)4(14,15)7(21,22)25-8(23,24)5(16,17)6(18,19)20. The summed E-state index contributed by atoms with van der Waals surface area (Å²) in [6, 6.07) is 0. The van der Waals surface area contributed by atoms with Crippen molar-refractivity contribution >= 4 is 0 Å². The molecule has 0 N–H and O–H groups in total. The van der Waals surface area contributed by atoms with Crippen molar-refractivity contribution in [3.05, 3.63) is 11.9 Å². The molecule has 0 aromatic rings. The molecule has 0 atom stereocenters. The van der Waals surface area contributed by atoms with E-state index in [0.29, 0.717) is 0 Å². The van der Waals surface area contributed by atoms with E-state index < -0.39 is 48.1 Å². The van der Waals surface area contributed by atoms with Gasteiger partial charge >= 0.3 is 42.2 Å². The van der Waals surface area contributed by atoms with Gasteiger partial charge in [0.25, 0.3) is 0 Å². The minimum atomic E-state index is -7.74. The van der Waals surface area contributed by atoms with Gasteiger partial charge in [-0.15, -0.1) is 0 Å². The maximum atomic E-state index is 12.7. The second kappa shape index (κ2) is 6.08. The van der Waals surface area contributed by atoms with Crippen LogP contribution in [0.25, 0.3) is 0 Å². The zero-order valence-electron chi connectivity index (χ0n) is 10.5. The fourth-order valence-electron chi connectivity index (χ4n) is 0.893. The van der Waals surface area contributed by atoms with Gasteiger partial charge in [0.15, 0.2) is 0 Å². The molecule has 0 unspecified atom stereocenters. The van der Waals surface area contributed by atoms with E-state index in [4.69, 9.17) is 0 Å². The van der Waals surface area contributed by atoms with Crippen molar-refractivity contribution in [2.45, 2.75) is 36.2 Å². The summed E-state index contributed by atoms with van der Waals surface area (Å²) in [4.78, 5) is 0. The second-order valence-electron chi connectivity index (χ2n) is 3.93. The Morgan fingerprint density at radius 2 is 0.840 bits per heavy atom. The SMILES string of the molecule is FC(F)=C(F)C(F)(F)C(F)(F)C(F)(F)OC(F)(F)C(F)(F)C(F)(F)F. The third-order valence-electron chi connectivity index (χ3n) is 2.18. The summed E-state index contributed by atoms with van der Waals surface area (Å²) in [5.41, 5.74) is 0. The van der Waals surface area contributed by atoms with Crippen molar-refractivity contribution in [1.29, 1.82) is 0 Å². The van der Waals surface area contributed by atoms with E-state index in [1.165, 1.54) is 4.74 Å². The molecule has 0 rings (SSSR count). The molecule has 0 aromatic heterocycles. The Hall–Kier alpha value is -1.42. The highest BCUT2D eigenvalue weighted by molar-refractivity contribution is 5.13. The monoisotopic (exact) mass is 416 g/mol. The Morgan fingerprint density at radius 1 is 0.520 bits per heavy atom. The molecular formula is C8F16O. The van der Waals surface area contributed by atoms with Gasteiger partial charge in [-0.2, -0.15) is 70.2 Å². The maximum Gasteiger partial charge on any atom is 0.462 e. The fourth-order valence-corrected chi connectivity index (χ4v) is 0.893. The van der Waals surface area contributed by atoms with Crippen LogP contribution in [0.3, 0.4) is 0 Å². The topological polar surface area (TPSA) is 9.23 Å². The lowest BCUT2D eigenvalue weighted by Crippen LogP contribution is -2.62. The Bertz CT molecular complexity index is 523. The first-order valence-corrected chi connectivity index (χ1v) is 4.93. The van der Waals surface area contributed by atoms with E-state index in [9.17, 15) is 70.2 Å². The maximum absolute atomic E-state index is 12.7. The average Bonchev–Trinajstić information content (AvgIpc) is 2.34. The van der Waals surface area contributed by atoms with Gasteiger partial charge in [0.1, 0.15) is 0 Å². The van der Waals surface area contributed by atoms with Crippen molar-refractivity contribution in [3.8, 4) is 0 Å². The van der Waals surface area contributed by atoms with Crippen molar-refractivity contribution in [3.63, 3.8) is 0 Å². The molecule has 25 heavy (non-hydrogen) atoms. The first-order chi connectivity index (χ1) is 10.6. The van der Waals surface area contributed by atoms with Crippen molar-refractivity contribution in [2.24, 2.45) is 0 Å². The molecule has 0 saturated carbocycles. The molecule has 0 aromatic carbocycles. The number of ether oxygens (including phenoxy) is 1. The van der Waals surface area contributed by atoms with Gasteiger partial charge in [-0.25, -0.2) is 4.74 Å². The third-order valence-corrected chi connectivity index (χ3v) is 2.18. The van der Waals surface area contributed by atoms with E-state index in [1.807, 2.05) is 0 Å². The van der Waals surface area contributed by atoms with Gasteiger partial charge in [-0.05, 0) is 0 Å². The molecule has 0 aliphatic rings. The van der Waals surface area contributed by atoms with Crippen LogP contribution in [0.15, 0.2) is 11.9 Å². The highest BCUT2D eigenvalue weighted by Gasteiger charge is 2.82. The van der Waals surface area contributed by atoms with Crippen LogP contribution in [0.4, 0.5) is 70.2 Å². The van der Waals surface area contributed by atoms with Gasteiger partial charge in [0, 0.05) is 0 Å². The highest BCUT2D eigenvalue weighted by atomic mass is 19.4. The Balaban J connectivity index is 6.06. The molecule has 0 fully saturated rings. The average molecular weight is 416 g/mol. The van der Waals surface area contributed by atoms with Crippen molar-refractivity contribution in [1.82, 2.24) is 0 Å². The number of alkyl halides is 13. The molecule has 150 valence electrons. The van der Waals surface area contributed by atoms with E-state index in [-0.39, 0.29) is 0 Å². The number of hydrogen-bond acceptors (Lipinski definition) is 1. The largest absolute Gasteiger partial charge is 0.462 e. The van der Waals surface area contributed by atoms with E-state index >= 15 is 0 Å². The third kappa shape index (κ3) is 3.74. The van der Waals surface area contributed by atoms with E-state index in [1.54, 1.807) is 0 Å². The second-order valence-corrected chi connectivity index (χ2v) is 3.93. The van der Waals surface area contributed by atoms with Crippen LogP contribution in [0.2, 0.25) is 0 Å². The predicted molar refractivity (Wildman–Crippen MR) is 42.2 cm³/mol. The summed E-state index contributed by atoms with van der Waals surface area (Å²) in [7, 11) is 0. The number of allylic oxidation sites excluding steroid dienone is 1. The van der Waals surface area contributed by atoms with Crippen LogP contribution in [0.1, 0.15) is 0 Å². The van der Waals surface area contributed by atoms with E-state index in [0.717, 1.165) is 0 Å². The molecule has 0 bridgehead atoms. The molecule has 0 spiro atoms. The molecule has 0 aliphatic heterocycles. The molecule has 0 heterocycles. The van der Waals surface area contributed by atoms with Gasteiger partial charge in [0.2, 0.25) is 5.83 Å². The van der Waals surface area contributed by atoms with Crippen LogP contribution in [-0.2, 0) is 4.74 Å². The van der Waals surface area contributed by atoms with Crippen LogP contribution < -0.4 is 0 Å². The molecule has 0 radical (unpaired) electrons. The zero-order valence-corrected chi connectivity index (χ0v) is 10.5. The van der Waals surface area contributed by atoms with Crippen molar-refractivity contribution in [2.75, 3.05) is 0 Å². The summed E-state index contributed by atoms with van der Waals surface area (Å²) < 4.78 is 197. The summed E-state index contributed by atoms with van der Waals surface area (Å²) in [6.07, 6.45) is -27.0. The highest BCUT2D eigenvalue weighted by Crippen LogP contribution is 2.55. The van der Waals surface area contributed by atoms with Crippen LogP contribution in [0.5, 0.6) is 0 Å². The molecule has 0 amide bonds. The van der Waals surface area contributed by atoms with Gasteiger partial charge in [0.05, 0.1) is 0 Å². The number of hydrogen-bond donors (Lipinski definition) is 0. The summed E-state index contributed by atoms with van der Waals surface area (Å²) in [6.45, 7) is 0. The smallest absolute Gasteiger partial charge is 0.245 e. The first kappa shape index (κ1) is 23.6. The number of halogens is 16. The Morgan fingerprint density at radius 3 is 1.12 bits per heavy atom. The lowest BCUT2D eigenvalue weighted by Gasteiger charge is -2.35. The molecular weight excluding hydrogens is 416 g/mol. The van der Waals surface area contributed by atoms with Gasteiger partial charge < -0.3 is 0 Å². The summed E-state index contributed by atoms with van der Waals surface area (Å²) in [5.74, 6) is -27.3. The van der Waals surface area contributed by atoms with Crippen LogP contribution in [-0.4, -0.2) is 36.2 Å². The van der Waals surface area contributed by atoms with Crippen molar-refractivity contribution < 1.29 is 75.0 Å². The lowest BCUT2D eigenvalue weighted by atomic mass is 10.1. The quantitative estimate of drug-likeness (QED) is 0.503. The Labute approximate surface area is 124 Å². The summed E-state index contributed by atoms with van der Waals surface area (Å²) >= 11 is 0. The van der Waals surface area contributed by atoms with Gasteiger partial charge in [-0.1, -0.05) is 0 Å². The first-order valence-electron chi connectivity index (χ1n) is 4.93. The minimum absolute atomic E-state index is 1.20.